The first kappa shape index (κ1) is 15.1. The second kappa shape index (κ2) is 5.43. The molecule has 0 spiro atoms. The van der Waals surface area contributed by atoms with Gasteiger partial charge in [0.2, 0.25) is 6.10 Å². The molecule has 22 heavy (non-hydrogen) atoms. The second-order valence-electron chi connectivity index (χ2n) is 4.94. The fourth-order valence-corrected chi connectivity index (χ4v) is 3.06. The summed E-state index contributed by atoms with van der Waals surface area (Å²) < 4.78 is 5.73. The van der Waals surface area contributed by atoms with Gasteiger partial charge in [0.25, 0.3) is 0 Å². The van der Waals surface area contributed by atoms with E-state index in [9.17, 15) is 15.2 Å². The molecule has 2 aromatic carbocycles. The van der Waals surface area contributed by atoms with Gasteiger partial charge in [-0.15, -0.1) is 0 Å². The highest BCUT2D eigenvalue weighted by Gasteiger charge is 2.61. The van der Waals surface area contributed by atoms with Crippen molar-refractivity contribution in [2.75, 3.05) is 0 Å². The molecule has 1 aliphatic rings. The summed E-state index contributed by atoms with van der Waals surface area (Å²) in [5.74, 6) is 0.345. The number of benzene rings is 2. The third-order valence-corrected chi connectivity index (χ3v) is 4.56. The molecule has 1 heterocycles. The van der Waals surface area contributed by atoms with Crippen LogP contribution >= 0.6 is 23.2 Å². The van der Waals surface area contributed by atoms with Crippen LogP contribution in [0.3, 0.4) is 0 Å². The topological polar surface area (TPSA) is 72.6 Å². The quantitative estimate of drug-likeness (QED) is 0.391. The van der Waals surface area contributed by atoms with E-state index in [2.05, 4.69) is 0 Å². The molecule has 0 unspecified atom stereocenters. The maximum Gasteiger partial charge on any atom is 0.364 e. The van der Waals surface area contributed by atoms with E-state index in [1.54, 1.807) is 48.5 Å². The van der Waals surface area contributed by atoms with E-state index < -0.39 is 22.1 Å². The molecule has 3 rings (SSSR count). The van der Waals surface area contributed by atoms with Crippen molar-refractivity contribution in [3.8, 4) is 5.75 Å². The van der Waals surface area contributed by atoms with Crippen molar-refractivity contribution in [2.45, 2.75) is 17.2 Å². The summed E-state index contributed by atoms with van der Waals surface area (Å²) in [6, 6.07) is 13.1. The molecule has 1 aliphatic heterocycles. The van der Waals surface area contributed by atoms with Gasteiger partial charge in [-0.05, 0) is 23.7 Å². The molecule has 0 saturated carbocycles. The number of rotatable bonds is 2. The third kappa shape index (κ3) is 2.13. The summed E-state index contributed by atoms with van der Waals surface area (Å²) in [6.07, 6.45) is -2.75. The Bertz CT molecular complexity index is 739. The van der Waals surface area contributed by atoms with E-state index in [4.69, 9.17) is 27.9 Å². The van der Waals surface area contributed by atoms with E-state index in [0.29, 0.717) is 11.3 Å². The summed E-state index contributed by atoms with van der Waals surface area (Å²) in [6.45, 7) is 0. The number of hydrogen-bond acceptors (Lipinski definition) is 4. The van der Waals surface area contributed by atoms with Gasteiger partial charge >= 0.3 is 5.00 Å². The van der Waals surface area contributed by atoms with Gasteiger partial charge in [-0.3, -0.25) is 10.1 Å². The zero-order valence-electron chi connectivity index (χ0n) is 11.1. The van der Waals surface area contributed by atoms with Gasteiger partial charge < -0.3 is 9.84 Å². The number of halogens is 2. The minimum absolute atomic E-state index is 0.275. The first-order chi connectivity index (χ1) is 10.5. The van der Waals surface area contributed by atoms with E-state index >= 15 is 0 Å². The molecular weight excluding hydrogens is 329 g/mol. The lowest BCUT2D eigenvalue weighted by molar-refractivity contribution is -0.570. The predicted octanol–water partition coefficient (Wildman–Crippen LogP) is 3.72. The number of para-hydroxylation sites is 1. The van der Waals surface area contributed by atoms with Crippen molar-refractivity contribution < 1.29 is 14.8 Å². The second-order valence-corrected chi connectivity index (χ2v) is 5.96. The molecule has 0 amide bonds. The van der Waals surface area contributed by atoms with Crippen molar-refractivity contribution >= 4 is 23.2 Å². The maximum absolute atomic E-state index is 11.6. The van der Waals surface area contributed by atoms with Crippen molar-refractivity contribution in [1.29, 1.82) is 0 Å². The Kier molecular flexibility index (Phi) is 3.72. The molecular formula is C15H11Cl2NO4. The number of aliphatic hydroxyl groups excluding tert-OH is 1. The Balaban J connectivity index is 2.20. The summed E-state index contributed by atoms with van der Waals surface area (Å²) in [5.41, 5.74) is 0.627. The van der Waals surface area contributed by atoms with Gasteiger partial charge in [0.1, 0.15) is 5.75 Å². The first-order valence-electron chi connectivity index (χ1n) is 6.47. The summed E-state index contributed by atoms with van der Waals surface area (Å²) in [5, 5.41) is 22.3. The van der Waals surface area contributed by atoms with Gasteiger partial charge in [-0.25, -0.2) is 0 Å². The monoisotopic (exact) mass is 339 g/mol. The Labute approximate surface area is 136 Å². The fourth-order valence-electron chi connectivity index (χ4n) is 2.55. The van der Waals surface area contributed by atoms with Gasteiger partial charge in [0.05, 0.1) is 4.92 Å². The van der Waals surface area contributed by atoms with Crippen LogP contribution in [0, 0.1) is 10.1 Å². The number of nitro groups is 1. The lowest BCUT2D eigenvalue weighted by atomic mass is 9.89. The van der Waals surface area contributed by atoms with Crippen LogP contribution in [0.15, 0.2) is 48.5 Å². The standard InChI is InChI=1S/C15H11Cl2NO4/c16-11-7-3-1-5-9(11)14-15(17,18(20)21)13(19)10-6-2-4-8-12(10)22-14/h1-8,13-14,19H/t13-,14-,15+/m0/s1. The van der Waals surface area contributed by atoms with Crippen molar-refractivity contribution in [3.05, 3.63) is 74.8 Å². The van der Waals surface area contributed by atoms with Crippen LogP contribution in [0.1, 0.15) is 23.3 Å². The molecule has 0 aliphatic carbocycles. The summed E-state index contributed by atoms with van der Waals surface area (Å²) in [4.78, 5) is 8.58. The van der Waals surface area contributed by atoms with E-state index in [-0.39, 0.29) is 10.6 Å². The van der Waals surface area contributed by atoms with Crippen molar-refractivity contribution in [3.63, 3.8) is 0 Å². The van der Waals surface area contributed by atoms with Crippen LogP contribution in [-0.2, 0) is 0 Å². The van der Waals surface area contributed by atoms with E-state index in [0.717, 1.165) is 0 Å². The summed E-state index contributed by atoms with van der Waals surface area (Å²) in [7, 11) is 0. The molecule has 3 atom stereocenters. The summed E-state index contributed by atoms with van der Waals surface area (Å²) >= 11 is 12.3. The van der Waals surface area contributed by atoms with Crippen molar-refractivity contribution in [1.82, 2.24) is 0 Å². The van der Waals surface area contributed by atoms with Crippen LogP contribution < -0.4 is 4.74 Å². The van der Waals surface area contributed by atoms with E-state index in [1.807, 2.05) is 0 Å². The molecule has 2 aromatic rings. The fraction of sp³-hybridized carbons (Fsp3) is 0.200. The highest BCUT2D eigenvalue weighted by molar-refractivity contribution is 6.31. The number of fused-ring (bicyclic) bond motifs is 1. The minimum Gasteiger partial charge on any atom is -0.476 e. The molecule has 0 fully saturated rings. The van der Waals surface area contributed by atoms with Gasteiger partial charge in [0, 0.05) is 16.1 Å². The van der Waals surface area contributed by atoms with Crippen LogP contribution in [0.25, 0.3) is 0 Å². The van der Waals surface area contributed by atoms with Gasteiger partial charge in [-0.2, -0.15) is 0 Å². The van der Waals surface area contributed by atoms with Crippen LogP contribution in [-0.4, -0.2) is 15.0 Å². The normalized spacial score (nSPS) is 26.9. The number of nitrogens with zero attached hydrogens (tertiary/aromatic N) is 1. The van der Waals surface area contributed by atoms with Gasteiger partial charge in [0.15, 0.2) is 6.10 Å². The molecule has 0 radical (unpaired) electrons. The van der Waals surface area contributed by atoms with Crippen LogP contribution in [0.5, 0.6) is 5.75 Å². The van der Waals surface area contributed by atoms with Crippen molar-refractivity contribution in [2.24, 2.45) is 0 Å². The molecule has 0 bridgehead atoms. The molecule has 5 nitrogen and oxygen atoms in total. The van der Waals surface area contributed by atoms with Crippen LogP contribution in [0.2, 0.25) is 5.02 Å². The number of aliphatic hydroxyl groups is 1. The Morgan fingerprint density at radius 3 is 2.36 bits per heavy atom. The molecule has 7 heteroatoms. The molecule has 1 N–H and O–H groups in total. The largest absolute Gasteiger partial charge is 0.476 e. The number of alkyl halides is 1. The zero-order valence-corrected chi connectivity index (χ0v) is 12.7. The first-order valence-corrected chi connectivity index (χ1v) is 7.23. The number of hydrogen-bond donors (Lipinski definition) is 1. The third-order valence-electron chi connectivity index (χ3n) is 3.68. The van der Waals surface area contributed by atoms with Gasteiger partial charge in [-0.1, -0.05) is 48.0 Å². The smallest absolute Gasteiger partial charge is 0.364 e. The highest BCUT2D eigenvalue weighted by Crippen LogP contribution is 2.52. The zero-order chi connectivity index (χ0) is 15.9. The maximum atomic E-state index is 11.6. The Morgan fingerprint density at radius 2 is 1.73 bits per heavy atom. The predicted molar refractivity (Wildman–Crippen MR) is 81.8 cm³/mol. The minimum atomic E-state index is -2.26. The van der Waals surface area contributed by atoms with Crippen LogP contribution in [0.4, 0.5) is 0 Å². The lowest BCUT2D eigenvalue weighted by Crippen LogP contribution is -2.49. The SMILES string of the molecule is O=[N+]([O-])[C@]1(Cl)[C@@H](O)c2ccccc2O[C@H]1c1ccccc1Cl. The number of ether oxygens (including phenoxy) is 1. The average Bonchev–Trinajstić information content (AvgIpc) is 2.51. The molecule has 114 valence electrons. The molecule has 0 aromatic heterocycles. The molecule has 0 saturated heterocycles. The average molecular weight is 340 g/mol. The Morgan fingerprint density at radius 1 is 1.14 bits per heavy atom. The highest BCUT2D eigenvalue weighted by atomic mass is 35.5. The lowest BCUT2D eigenvalue weighted by Gasteiger charge is -2.37. The Hall–Kier alpha value is -1.82. The van der Waals surface area contributed by atoms with E-state index in [1.165, 1.54) is 0 Å².